The Balaban J connectivity index is 2.66. The zero-order valence-electron chi connectivity index (χ0n) is 7.90. The Bertz CT molecular complexity index is 484. The predicted molar refractivity (Wildman–Crippen MR) is 58.4 cm³/mol. The van der Waals surface area contributed by atoms with Crippen molar-refractivity contribution in [2.24, 2.45) is 0 Å². The van der Waals surface area contributed by atoms with Gasteiger partial charge in [-0.15, -0.1) is 0 Å². The summed E-state index contributed by atoms with van der Waals surface area (Å²) in [4.78, 5) is 3.98. The maximum atomic E-state index is 5.71. The molecule has 0 atom stereocenters. The van der Waals surface area contributed by atoms with Crippen LogP contribution in [0.1, 0.15) is 0 Å². The Hall–Kier alpha value is -1.56. The lowest BCUT2D eigenvalue weighted by molar-refractivity contribution is 0.404. The van der Waals surface area contributed by atoms with Gasteiger partial charge in [0.05, 0.1) is 29.5 Å². The van der Waals surface area contributed by atoms with Crippen LogP contribution in [0.25, 0.3) is 11.3 Å². The van der Waals surface area contributed by atoms with Gasteiger partial charge in [0.2, 0.25) is 0 Å². The molecule has 0 aliphatic rings. The van der Waals surface area contributed by atoms with E-state index in [1.807, 2.05) is 0 Å². The molecule has 0 saturated carbocycles. The number of hydrogen-bond donors (Lipinski definition) is 1. The van der Waals surface area contributed by atoms with E-state index in [9.17, 15) is 0 Å². The molecule has 0 aromatic carbocycles. The van der Waals surface area contributed by atoms with Crippen LogP contribution in [0.2, 0.25) is 0 Å². The van der Waals surface area contributed by atoms with Crippen LogP contribution in [-0.2, 0) is 0 Å². The number of nitrogens with zero attached hydrogens (tertiary/aromatic N) is 2. The fourth-order valence-corrected chi connectivity index (χ4v) is 1.72. The topological polar surface area (TPSA) is 74.2 Å². The second kappa shape index (κ2) is 3.90. The molecule has 15 heavy (non-hydrogen) atoms. The standard InChI is InChI=1S/C9H8BrN3O2/c1-14-7-4-12-2-5(10)8(7)9-6(11)3-13-15-9/h2-4H,11H2,1H3. The number of aromatic nitrogens is 2. The normalized spacial score (nSPS) is 10.3. The fraction of sp³-hybridized carbons (Fsp3) is 0.111. The number of ether oxygens (including phenoxy) is 1. The maximum Gasteiger partial charge on any atom is 0.194 e. The third-order valence-electron chi connectivity index (χ3n) is 1.91. The van der Waals surface area contributed by atoms with E-state index in [1.165, 1.54) is 6.20 Å². The number of halogens is 1. The van der Waals surface area contributed by atoms with Gasteiger partial charge in [-0.05, 0) is 15.9 Å². The van der Waals surface area contributed by atoms with Crippen LogP contribution in [0, 0.1) is 0 Å². The SMILES string of the molecule is COc1cncc(Br)c1-c1oncc1N. The van der Waals surface area contributed by atoms with E-state index in [0.29, 0.717) is 22.8 Å². The summed E-state index contributed by atoms with van der Waals surface area (Å²) in [6, 6.07) is 0. The lowest BCUT2D eigenvalue weighted by Crippen LogP contribution is -1.92. The van der Waals surface area contributed by atoms with Gasteiger partial charge in [-0.1, -0.05) is 5.16 Å². The largest absolute Gasteiger partial charge is 0.494 e. The maximum absolute atomic E-state index is 5.71. The molecule has 2 rings (SSSR count). The molecule has 2 aromatic heterocycles. The van der Waals surface area contributed by atoms with Crippen molar-refractivity contribution in [3.8, 4) is 17.1 Å². The Morgan fingerprint density at radius 3 is 2.80 bits per heavy atom. The van der Waals surface area contributed by atoms with E-state index in [4.69, 9.17) is 15.0 Å². The summed E-state index contributed by atoms with van der Waals surface area (Å²) in [7, 11) is 1.56. The fourth-order valence-electron chi connectivity index (χ4n) is 1.23. The highest BCUT2D eigenvalue weighted by molar-refractivity contribution is 9.10. The Morgan fingerprint density at radius 2 is 2.20 bits per heavy atom. The van der Waals surface area contributed by atoms with Gasteiger partial charge in [0.25, 0.3) is 0 Å². The van der Waals surface area contributed by atoms with E-state index in [1.54, 1.807) is 19.5 Å². The molecule has 0 fully saturated rings. The molecule has 0 spiro atoms. The Labute approximate surface area is 94.4 Å². The highest BCUT2D eigenvalue weighted by Gasteiger charge is 2.17. The van der Waals surface area contributed by atoms with Crippen molar-refractivity contribution >= 4 is 21.6 Å². The summed E-state index contributed by atoms with van der Waals surface area (Å²) in [6.45, 7) is 0. The lowest BCUT2D eigenvalue weighted by atomic mass is 10.2. The van der Waals surface area contributed by atoms with Gasteiger partial charge in [-0.2, -0.15) is 0 Å². The molecular weight excluding hydrogens is 262 g/mol. The van der Waals surface area contributed by atoms with E-state index >= 15 is 0 Å². The van der Waals surface area contributed by atoms with E-state index in [2.05, 4.69) is 26.1 Å². The number of hydrogen-bond acceptors (Lipinski definition) is 5. The quantitative estimate of drug-likeness (QED) is 0.904. The molecular formula is C9H8BrN3O2. The summed E-state index contributed by atoms with van der Waals surface area (Å²) in [5.41, 5.74) is 6.88. The zero-order chi connectivity index (χ0) is 10.8. The second-order valence-electron chi connectivity index (χ2n) is 2.81. The Morgan fingerprint density at radius 1 is 1.40 bits per heavy atom. The molecule has 2 N–H and O–H groups in total. The van der Waals surface area contributed by atoms with E-state index < -0.39 is 0 Å². The summed E-state index contributed by atoms with van der Waals surface area (Å²) < 4.78 is 11.0. The summed E-state index contributed by atoms with van der Waals surface area (Å²) in [5, 5.41) is 3.62. The number of anilines is 1. The van der Waals surface area contributed by atoms with Gasteiger partial charge >= 0.3 is 0 Å². The van der Waals surface area contributed by atoms with Gasteiger partial charge in [-0.3, -0.25) is 4.98 Å². The molecule has 2 aromatic rings. The highest BCUT2D eigenvalue weighted by atomic mass is 79.9. The van der Waals surface area contributed by atoms with Crippen LogP contribution in [-0.4, -0.2) is 17.3 Å². The summed E-state index contributed by atoms with van der Waals surface area (Å²) in [6.07, 6.45) is 4.67. The van der Waals surface area contributed by atoms with Crippen molar-refractivity contribution in [2.75, 3.05) is 12.8 Å². The van der Waals surface area contributed by atoms with Gasteiger partial charge in [0, 0.05) is 6.20 Å². The first-order valence-corrected chi connectivity index (χ1v) is 4.91. The van der Waals surface area contributed by atoms with Crippen LogP contribution >= 0.6 is 15.9 Å². The van der Waals surface area contributed by atoms with Gasteiger partial charge < -0.3 is 15.0 Å². The van der Waals surface area contributed by atoms with Gasteiger partial charge in [-0.25, -0.2) is 0 Å². The lowest BCUT2D eigenvalue weighted by Gasteiger charge is -2.06. The molecule has 0 unspecified atom stereocenters. The van der Waals surface area contributed by atoms with Crippen molar-refractivity contribution < 1.29 is 9.26 Å². The molecule has 6 heteroatoms. The third-order valence-corrected chi connectivity index (χ3v) is 2.51. The van der Waals surface area contributed by atoms with Crippen molar-refractivity contribution in [3.63, 3.8) is 0 Å². The van der Waals surface area contributed by atoms with Crippen molar-refractivity contribution in [1.29, 1.82) is 0 Å². The zero-order valence-corrected chi connectivity index (χ0v) is 9.48. The molecule has 78 valence electrons. The summed E-state index contributed by atoms with van der Waals surface area (Å²) >= 11 is 3.36. The minimum absolute atomic E-state index is 0.459. The average molecular weight is 270 g/mol. The van der Waals surface area contributed by atoms with E-state index in [-0.39, 0.29) is 0 Å². The van der Waals surface area contributed by atoms with Crippen molar-refractivity contribution in [1.82, 2.24) is 10.1 Å². The monoisotopic (exact) mass is 269 g/mol. The van der Waals surface area contributed by atoms with Gasteiger partial charge in [0.1, 0.15) is 11.4 Å². The van der Waals surface area contributed by atoms with Crippen LogP contribution in [0.15, 0.2) is 27.6 Å². The third kappa shape index (κ3) is 1.68. The number of methoxy groups -OCH3 is 1. The number of nitrogens with two attached hydrogens (primary N) is 1. The first-order chi connectivity index (χ1) is 7.24. The van der Waals surface area contributed by atoms with E-state index in [0.717, 1.165) is 4.47 Å². The minimum Gasteiger partial charge on any atom is -0.494 e. The molecule has 0 aliphatic carbocycles. The minimum atomic E-state index is 0.459. The van der Waals surface area contributed by atoms with Crippen molar-refractivity contribution in [3.05, 3.63) is 23.1 Å². The first kappa shape index (κ1) is 9.97. The molecule has 0 saturated heterocycles. The van der Waals surface area contributed by atoms with Crippen LogP contribution in [0.5, 0.6) is 5.75 Å². The molecule has 5 nitrogen and oxygen atoms in total. The number of pyridine rings is 1. The van der Waals surface area contributed by atoms with Crippen LogP contribution in [0.3, 0.4) is 0 Å². The summed E-state index contributed by atoms with van der Waals surface area (Å²) in [5.74, 6) is 1.05. The molecule has 2 heterocycles. The molecule has 0 amide bonds. The van der Waals surface area contributed by atoms with Gasteiger partial charge in [0.15, 0.2) is 5.76 Å². The molecule has 0 aliphatic heterocycles. The first-order valence-electron chi connectivity index (χ1n) is 4.12. The molecule has 0 bridgehead atoms. The highest BCUT2D eigenvalue weighted by Crippen LogP contribution is 2.38. The second-order valence-corrected chi connectivity index (χ2v) is 3.66. The Kier molecular flexibility index (Phi) is 2.59. The molecule has 0 radical (unpaired) electrons. The van der Waals surface area contributed by atoms with Crippen LogP contribution in [0.4, 0.5) is 5.69 Å². The van der Waals surface area contributed by atoms with Crippen molar-refractivity contribution in [2.45, 2.75) is 0 Å². The predicted octanol–water partition coefficient (Wildman–Crippen LogP) is 2.09. The smallest absolute Gasteiger partial charge is 0.194 e. The average Bonchev–Trinajstić information content (AvgIpc) is 2.64. The van der Waals surface area contributed by atoms with Crippen LogP contribution < -0.4 is 10.5 Å². The number of rotatable bonds is 2. The number of nitrogen functional groups attached to an aromatic ring is 1.